The van der Waals surface area contributed by atoms with Gasteiger partial charge in [0, 0.05) is 5.56 Å². The van der Waals surface area contributed by atoms with Gasteiger partial charge in [-0.2, -0.15) is 5.10 Å². The van der Waals surface area contributed by atoms with Crippen molar-refractivity contribution in [2.75, 3.05) is 13.9 Å². The molecule has 47 heavy (non-hydrogen) atoms. The van der Waals surface area contributed by atoms with E-state index in [4.69, 9.17) is 24.0 Å². The summed E-state index contributed by atoms with van der Waals surface area (Å²) in [5.41, 5.74) is 4.18. The van der Waals surface area contributed by atoms with Gasteiger partial charge in [0.1, 0.15) is 24.0 Å². The first-order chi connectivity index (χ1) is 22.6. The number of hydrogen-bond acceptors (Lipinski definition) is 8. The van der Waals surface area contributed by atoms with Crippen LogP contribution in [0.25, 0.3) is 16.9 Å². The van der Waals surface area contributed by atoms with Gasteiger partial charge >= 0.3 is 12.1 Å². The lowest BCUT2D eigenvalue weighted by Crippen LogP contribution is -2.45. The molecule has 1 aliphatic rings. The quantitative estimate of drug-likeness (QED) is 0.134. The Morgan fingerprint density at radius 1 is 0.979 bits per heavy atom. The summed E-state index contributed by atoms with van der Waals surface area (Å²) < 4.78 is 23.7. The van der Waals surface area contributed by atoms with Crippen molar-refractivity contribution >= 4 is 12.1 Å². The number of ether oxygens (including phenoxy) is 4. The summed E-state index contributed by atoms with van der Waals surface area (Å²) >= 11 is 0. The van der Waals surface area contributed by atoms with Crippen LogP contribution in [0.4, 0.5) is 4.79 Å². The average molecular weight is 642 g/mol. The van der Waals surface area contributed by atoms with Gasteiger partial charge in [-0.15, -0.1) is 0 Å². The van der Waals surface area contributed by atoms with E-state index in [1.54, 1.807) is 7.11 Å². The van der Waals surface area contributed by atoms with E-state index in [1.807, 2.05) is 86.1 Å². The van der Waals surface area contributed by atoms with Crippen molar-refractivity contribution in [2.45, 2.75) is 70.8 Å². The highest BCUT2D eigenvalue weighted by atomic mass is 16.7. The molecule has 0 spiro atoms. The standard InChI is InChI=1S/C37H43N3O7/c1-25(2)34(38-36(42)45-23-27-8-6-5-7-9-27)35(41)47-24-46-31-18-20-37(43,21-19-31)33-22-32(28-12-10-26(3)11-13-28)40(39-33)29-14-16-30(44-4)17-15-29/h5-17,22,25,31,34,43H,18-21,23-24H2,1-4H3,(H,38,42). The molecule has 4 aromatic rings. The number of methoxy groups -OCH3 is 1. The number of carbonyl (C=O) groups is 2. The number of aromatic nitrogens is 2. The van der Waals surface area contributed by atoms with Gasteiger partial charge < -0.3 is 29.4 Å². The van der Waals surface area contributed by atoms with Crippen molar-refractivity contribution in [3.8, 4) is 22.7 Å². The van der Waals surface area contributed by atoms with Gasteiger partial charge in [0.25, 0.3) is 0 Å². The molecule has 5 rings (SSSR count). The number of nitrogens with zero attached hydrogens (tertiary/aromatic N) is 2. The normalized spacial score (nSPS) is 18.4. The van der Waals surface area contributed by atoms with Crippen molar-refractivity contribution < 1.29 is 33.6 Å². The first-order valence-electron chi connectivity index (χ1n) is 15.9. The molecule has 248 valence electrons. The fourth-order valence-corrected chi connectivity index (χ4v) is 5.62. The summed E-state index contributed by atoms with van der Waals surface area (Å²) in [7, 11) is 1.63. The second-order valence-electron chi connectivity index (χ2n) is 12.3. The number of benzene rings is 3. The Morgan fingerprint density at radius 2 is 1.66 bits per heavy atom. The minimum atomic E-state index is -1.14. The predicted molar refractivity (Wildman–Crippen MR) is 177 cm³/mol. The maximum atomic E-state index is 12.8. The predicted octanol–water partition coefficient (Wildman–Crippen LogP) is 6.45. The van der Waals surface area contributed by atoms with Crippen LogP contribution in [0, 0.1) is 12.8 Å². The maximum absolute atomic E-state index is 12.8. The van der Waals surface area contributed by atoms with Crippen LogP contribution in [-0.2, 0) is 31.2 Å². The Labute approximate surface area is 275 Å². The molecule has 1 fully saturated rings. The lowest BCUT2D eigenvalue weighted by atomic mass is 9.81. The summed E-state index contributed by atoms with van der Waals surface area (Å²) in [6, 6.07) is 26.2. The topological polar surface area (TPSA) is 121 Å². The summed E-state index contributed by atoms with van der Waals surface area (Å²) in [6.45, 7) is 5.51. The molecule has 1 atom stereocenters. The first kappa shape index (κ1) is 33.7. The fraction of sp³-hybridized carbons (Fsp3) is 0.378. The molecule has 1 amide bonds. The zero-order valence-electron chi connectivity index (χ0n) is 27.3. The molecule has 3 aromatic carbocycles. The highest BCUT2D eigenvalue weighted by Crippen LogP contribution is 2.39. The molecular formula is C37H43N3O7. The van der Waals surface area contributed by atoms with Gasteiger partial charge in [0.2, 0.25) is 0 Å². The molecule has 1 heterocycles. The second-order valence-corrected chi connectivity index (χ2v) is 12.3. The van der Waals surface area contributed by atoms with Crippen molar-refractivity contribution in [3.63, 3.8) is 0 Å². The Morgan fingerprint density at radius 3 is 2.30 bits per heavy atom. The van der Waals surface area contributed by atoms with E-state index in [0.29, 0.717) is 31.4 Å². The smallest absolute Gasteiger partial charge is 0.408 e. The van der Waals surface area contributed by atoms with E-state index in [9.17, 15) is 14.7 Å². The molecule has 1 aliphatic carbocycles. The van der Waals surface area contributed by atoms with Crippen molar-refractivity contribution in [1.29, 1.82) is 0 Å². The number of hydrogen-bond donors (Lipinski definition) is 2. The zero-order valence-corrected chi connectivity index (χ0v) is 27.3. The van der Waals surface area contributed by atoms with Crippen LogP contribution in [0.15, 0.2) is 84.9 Å². The van der Waals surface area contributed by atoms with Crippen LogP contribution in [0.2, 0.25) is 0 Å². The highest BCUT2D eigenvalue weighted by Gasteiger charge is 2.38. The summed E-state index contributed by atoms with van der Waals surface area (Å²) in [4.78, 5) is 25.2. The molecule has 1 saturated carbocycles. The molecular weight excluding hydrogens is 598 g/mol. The van der Waals surface area contributed by atoms with Crippen LogP contribution in [0.3, 0.4) is 0 Å². The lowest BCUT2D eigenvalue weighted by Gasteiger charge is -2.34. The van der Waals surface area contributed by atoms with E-state index in [1.165, 1.54) is 0 Å². The molecule has 0 aliphatic heterocycles. The summed E-state index contributed by atoms with van der Waals surface area (Å²) in [6.07, 6.45) is 1.08. The summed E-state index contributed by atoms with van der Waals surface area (Å²) in [5.74, 6) is -0.0753. The molecule has 10 nitrogen and oxygen atoms in total. The maximum Gasteiger partial charge on any atom is 0.408 e. The summed E-state index contributed by atoms with van der Waals surface area (Å²) in [5, 5.41) is 19.3. The number of carbonyl (C=O) groups excluding carboxylic acids is 2. The number of aliphatic hydroxyl groups is 1. The van der Waals surface area contributed by atoms with Crippen molar-refractivity contribution in [2.24, 2.45) is 5.92 Å². The van der Waals surface area contributed by atoms with Crippen LogP contribution >= 0.6 is 0 Å². The van der Waals surface area contributed by atoms with Gasteiger partial charge in [0.05, 0.1) is 30.3 Å². The molecule has 10 heteroatoms. The fourth-order valence-electron chi connectivity index (χ4n) is 5.62. The second kappa shape index (κ2) is 15.3. The molecule has 0 saturated heterocycles. The van der Waals surface area contributed by atoms with Crippen molar-refractivity contribution in [3.05, 3.63) is 102 Å². The lowest BCUT2D eigenvalue weighted by molar-refractivity contribution is -0.168. The number of alkyl carbamates (subject to hydrolysis) is 1. The Kier molecular flexibility index (Phi) is 11.0. The van der Waals surface area contributed by atoms with Crippen LogP contribution in [0.1, 0.15) is 56.4 Å². The SMILES string of the molecule is COc1ccc(-n2nc(C3(O)CCC(OCOC(=O)C(NC(=O)OCc4ccccc4)C(C)C)CC3)cc2-c2ccc(C)cc2)cc1. The molecule has 1 unspecified atom stereocenters. The van der Waals surface area contributed by atoms with E-state index in [-0.39, 0.29) is 25.4 Å². The van der Waals surface area contributed by atoms with E-state index >= 15 is 0 Å². The Hall–Kier alpha value is -4.67. The Bertz CT molecular complexity index is 1610. The molecule has 1 aromatic heterocycles. The largest absolute Gasteiger partial charge is 0.497 e. The van der Waals surface area contributed by atoms with Gasteiger partial charge in [-0.25, -0.2) is 14.3 Å². The van der Waals surface area contributed by atoms with Gasteiger partial charge in [0.15, 0.2) is 6.79 Å². The number of rotatable bonds is 12. The zero-order chi connectivity index (χ0) is 33.4. The number of esters is 1. The Balaban J connectivity index is 1.17. The third-order valence-corrected chi connectivity index (χ3v) is 8.52. The minimum absolute atomic E-state index is 0.0959. The molecule has 0 radical (unpaired) electrons. The van der Waals surface area contributed by atoms with Crippen molar-refractivity contribution in [1.82, 2.24) is 15.1 Å². The van der Waals surface area contributed by atoms with Crippen LogP contribution < -0.4 is 10.1 Å². The first-order valence-corrected chi connectivity index (χ1v) is 15.9. The average Bonchev–Trinajstić information content (AvgIpc) is 3.54. The third kappa shape index (κ3) is 8.58. The van der Waals surface area contributed by atoms with Crippen LogP contribution in [-0.4, -0.2) is 53.0 Å². The van der Waals surface area contributed by atoms with Gasteiger partial charge in [-0.3, -0.25) is 0 Å². The molecule has 0 bridgehead atoms. The highest BCUT2D eigenvalue weighted by molar-refractivity contribution is 5.81. The third-order valence-electron chi connectivity index (χ3n) is 8.52. The minimum Gasteiger partial charge on any atom is -0.497 e. The van der Waals surface area contributed by atoms with E-state index in [2.05, 4.69) is 29.6 Å². The van der Waals surface area contributed by atoms with Gasteiger partial charge in [-0.05, 0) is 74.4 Å². The molecule has 2 N–H and O–H groups in total. The van der Waals surface area contributed by atoms with E-state index in [0.717, 1.165) is 33.8 Å². The number of amides is 1. The monoisotopic (exact) mass is 641 g/mol. The number of aryl methyl sites for hydroxylation is 1. The van der Waals surface area contributed by atoms with Gasteiger partial charge in [-0.1, -0.05) is 74.0 Å². The number of nitrogens with one attached hydrogen (secondary N) is 1. The van der Waals surface area contributed by atoms with Crippen LogP contribution in [0.5, 0.6) is 5.75 Å². The van der Waals surface area contributed by atoms with E-state index < -0.39 is 23.7 Å².